The fourth-order valence-corrected chi connectivity index (χ4v) is 4.12. The lowest BCUT2D eigenvalue weighted by atomic mass is 10.0. The number of benzene rings is 1. The molecule has 27 heavy (non-hydrogen) atoms. The van der Waals surface area contributed by atoms with Gasteiger partial charge in [0.25, 0.3) is 5.91 Å². The lowest BCUT2D eigenvalue weighted by Crippen LogP contribution is -2.55. The summed E-state index contributed by atoms with van der Waals surface area (Å²) in [5.41, 5.74) is 2.49. The number of piperidine rings is 1. The Morgan fingerprint density at radius 3 is 2.56 bits per heavy atom. The van der Waals surface area contributed by atoms with E-state index < -0.39 is 0 Å². The van der Waals surface area contributed by atoms with Gasteiger partial charge >= 0.3 is 0 Å². The summed E-state index contributed by atoms with van der Waals surface area (Å²) >= 11 is 0. The van der Waals surface area contributed by atoms with E-state index >= 15 is 0 Å². The van der Waals surface area contributed by atoms with E-state index in [1.807, 2.05) is 30.0 Å². The normalized spacial score (nSPS) is 21.5. The first-order chi connectivity index (χ1) is 13.1. The van der Waals surface area contributed by atoms with Gasteiger partial charge in [0.1, 0.15) is 11.5 Å². The number of carbonyl (C=O) groups excluding carboxylic acids is 1. The Labute approximate surface area is 158 Å². The number of piperazine rings is 1. The molecule has 2 aliphatic heterocycles. The number of rotatable bonds is 3. The van der Waals surface area contributed by atoms with Crippen LogP contribution in [0.5, 0.6) is 0 Å². The Hall–Kier alpha value is -2.41. The van der Waals surface area contributed by atoms with E-state index in [0.717, 1.165) is 63.5 Å². The molecule has 1 N–H and O–H groups in total. The molecule has 2 saturated heterocycles. The van der Waals surface area contributed by atoms with Gasteiger partial charge in [-0.15, -0.1) is 0 Å². The summed E-state index contributed by atoms with van der Waals surface area (Å²) in [5.74, 6) is -0.176. The zero-order valence-electron chi connectivity index (χ0n) is 15.7. The molecule has 0 spiro atoms. The summed E-state index contributed by atoms with van der Waals surface area (Å²) in [5, 5.41) is 6.97. The summed E-state index contributed by atoms with van der Waals surface area (Å²) in [6.07, 6.45) is 2.15. The molecule has 0 saturated carbocycles. The lowest BCUT2D eigenvalue weighted by Gasteiger charge is -2.43. The highest BCUT2D eigenvalue weighted by atomic mass is 19.1. The molecule has 3 heterocycles. The van der Waals surface area contributed by atoms with Gasteiger partial charge < -0.3 is 9.80 Å². The van der Waals surface area contributed by atoms with Crippen LogP contribution in [0.1, 0.15) is 29.0 Å². The molecule has 1 aromatic carbocycles. The van der Waals surface area contributed by atoms with Crippen LogP contribution in [0.2, 0.25) is 0 Å². The molecule has 0 radical (unpaired) electrons. The average molecular weight is 371 g/mol. The van der Waals surface area contributed by atoms with Gasteiger partial charge in [-0.1, -0.05) is 0 Å². The predicted molar refractivity (Wildman–Crippen MR) is 102 cm³/mol. The smallest absolute Gasteiger partial charge is 0.274 e. The molecule has 6 nitrogen and oxygen atoms in total. The average Bonchev–Trinajstić information content (AvgIpc) is 3.14. The summed E-state index contributed by atoms with van der Waals surface area (Å²) < 4.78 is 13.1. The molecule has 1 aromatic heterocycles. The second-order valence-electron chi connectivity index (χ2n) is 7.48. The number of H-pyrrole nitrogens is 1. The van der Waals surface area contributed by atoms with Crippen molar-refractivity contribution in [2.45, 2.75) is 25.8 Å². The number of hydrogen-bond donors (Lipinski definition) is 1. The van der Waals surface area contributed by atoms with E-state index in [9.17, 15) is 9.18 Å². The van der Waals surface area contributed by atoms with Crippen molar-refractivity contribution in [2.75, 3.05) is 44.2 Å². The third-order valence-corrected chi connectivity index (χ3v) is 5.63. The number of carbonyl (C=O) groups is 1. The fourth-order valence-electron chi connectivity index (χ4n) is 4.12. The van der Waals surface area contributed by atoms with Gasteiger partial charge in [0.15, 0.2) is 0 Å². The van der Waals surface area contributed by atoms with Crippen LogP contribution in [0.4, 0.5) is 10.1 Å². The molecule has 2 aliphatic rings. The van der Waals surface area contributed by atoms with Gasteiger partial charge in [0.05, 0.1) is 0 Å². The maximum Gasteiger partial charge on any atom is 0.274 e. The summed E-state index contributed by atoms with van der Waals surface area (Å²) in [4.78, 5) is 19.4. The maximum absolute atomic E-state index is 13.1. The minimum atomic E-state index is -0.198. The number of aryl methyl sites for hydroxylation is 1. The monoisotopic (exact) mass is 371 g/mol. The first-order valence-corrected chi connectivity index (χ1v) is 9.66. The van der Waals surface area contributed by atoms with Crippen molar-refractivity contribution >= 4 is 11.6 Å². The second kappa shape index (κ2) is 7.68. The first-order valence-electron chi connectivity index (χ1n) is 9.66. The van der Waals surface area contributed by atoms with Crippen molar-refractivity contribution in [1.29, 1.82) is 0 Å². The summed E-state index contributed by atoms with van der Waals surface area (Å²) in [6.45, 7) is 7.25. The molecule has 7 heteroatoms. The van der Waals surface area contributed by atoms with Gasteiger partial charge in [0, 0.05) is 56.7 Å². The number of aromatic amines is 1. The van der Waals surface area contributed by atoms with Crippen LogP contribution in [-0.2, 0) is 0 Å². The van der Waals surface area contributed by atoms with E-state index in [1.54, 1.807) is 0 Å². The Bertz CT molecular complexity index is 782. The second-order valence-corrected chi connectivity index (χ2v) is 7.48. The Balaban J connectivity index is 1.34. The number of nitrogens with one attached hydrogen (secondary N) is 1. The minimum Gasteiger partial charge on any atom is -0.369 e. The van der Waals surface area contributed by atoms with Gasteiger partial charge in [-0.3, -0.25) is 14.8 Å². The van der Waals surface area contributed by atoms with E-state index in [0.29, 0.717) is 11.7 Å². The highest BCUT2D eigenvalue weighted by molar-refractivity contribution is 5.92. The van der Waals surface area contributed by atoms with Crippen LogP contribution in [0, 0.1) is 12.7 Å². The molecule has 2 fully saturated rings. The number of halogens is 1. The number of anilines is 1. The molecule has 0 aliphatic carbocycles. The van der Waals surface area contributed by atoms with Crippen molar-refractivity contribution in [3.63, 3.8) is 0 Å². The topological polar surface area (TPSA) is 55.5 Å². The van der Waals surface area contributed by atoms with Crippen LogP contribution in [0.25, 0.3) is 0 Å². The van der Waals surface area contributed by atoms with E-state index in [4.69, 9.17) is 0 Å². The standard InChI is InChI=1S/C20H26FN5O/c1-15-13-19(23-22-15)20(27)26-8-2-3-18(14-26)25-11-9-24(10-12-25)17-6-4-16(21)5-7-17/h4-7,13,18H,2-3,8-12,14H2,1H3,(H,22,23). The molecule has 2 aromatic rings. The van der Waals surface area contributed by atoms with Gasteiger partial charge in [-0.25, -0.2) is 4.39 Å². The zero-order chi connectivity index (χ0) is 18.8. The van der Waals surface area contributed by atoms with E-state index in [2.05, 4.69) is 20.0 Å². The van der Waals surface area contributed by atoms with Crippen molar-refractivity contribution in [3.8, 4) is 0 Å². The highest BCUT2D eigenvalue weighted by Gasteiger charge is 2.31. The van der Waals surface area contributed by atoms with Gasteiger partial charge in [0.2, 0.25) is 0 Å². The number of likely N-dealkylation sites (tertiary alicyclic amines) is 1. The molecule has 4 rings (SSSR count). The quantitative estimate of drug-likeness (QED) is 0.899. The fraction of sp³-hybridized carbons (Fsp3) is 0.500. The van der Waals surface area contributed by atoms with E-state index in [-0.39, 0.29) is 11.7 Å². The molecular formula is C20H26FN5O. The molecular weight excluding hydrogens is 345 g/mol. The highest BCUT2D eigenvalue weighted by Crippen LogP contribution is 2.22. The third kappa shape index (κ3) is 3.98. The molecule has 1 amide bonds. The van der Waals surface area contributed by atoms with Crippen molar-refractivity contribution < 1.29 is 9.18 Å². The van der Waals surface area contributed by atoms with Gasteiger partial charge in [-0.05, 0) is 50.1 Å². The maximum atomic E-state index is 13.1. The number of amides is 1. The van der Waals surface area contributed by atoms with Crippen LogP contribution in [-0.4, -0.2) is 71.2 Å². The lowest BCUT2D eigenvalue weighted by molar-refractivity contribution is 0.0558. The summed E-state index contributed by atoms with van der Waals surface area (Å²) in [6, 6.07) is 8.94. The van der Waals surface area contributed by atoms with Gasteiger partial charge in [-0.2, -0.15) is 5.10 Å². The SMILES string of the molecule is Cc1cc(C(=O)N2CCCC(N3CCN(c4ccc(F)cc4)CC3)C2)n[nH]1. The molecule has 0 bridgehead atoms. The Morgan fingerprint density at radius 1 is 1.15 bits per heavy atom. The Kier molecular flexibility index (Phi) is 5.11. The minimum absolute atomic E-state index is 0.0222. The van der Waals surface area contributed by atoms with Crippen molar-refractivity contribution in [2.24, 2.45) is 0 Å². The Morgan fingerprint density at radius 2 is 1.89 bits per heavy atom. The number of hydrogen-bond acceptors (Lipinski definition) is 4. The van der Waals surface area contributed by atoms with Crippen LogP contribution in [0.3, 0.4) is 0 Å². The predicted octanol–water partition coefficient (Wildman–Crippen LogP) is 2.28. The van der Waals surface area contributed by atoms with Crippen molar-refractivity contribution in [3.05, 3.63) is 47.5 Å². The third-order valence-electron chi connectivity index (χ3n) is 5.63. The molecule has 1 unspecified atom stereocenters. The van der Waals surface area contributed by atoms with Crippen LogP contribution in [0.15, 0.2) is 30.3 Å². The number of aromatic nitrogens is 2. The summed E-state index contributed by atoms with van der Waals surface area (Å²) in [7, 11) is 0. The largest absolute Gasteiger partial charge is 0.369 e. The van der Waals surface area contributed by atoms with Crippen LogP contribution < -0.4 is 4.90 Å². The molecule has 144 valence electrons. The van der Waals surface area contributed by atoms with Crippen LogP contribution >= 0.6 is 0 Å². The zero-order valence-corrected chi connectivity index (χ0v) is 15.7. The van der Waals surface area contributed by atoms with E-state index in [1.165, 1.54) is 12.1 Å². The van der Waals surface area contributed by atoms with Crippen molar-refractivity contribution in [1.82, 2.24) is 20.0 Å². The molecule has 1 atom stereocenters. The first kappa shape index (κ1) is 18.0. The number of nitrogens with zero attached hydrogens (tertiary/aromatic N) is 4.